The average molecular weight is 993 g/mol. The Balaban J connectivity index is 1.30. The van der Waals surface area contributed by atoms with Crippen molar-refractivity contribution >= 4 is 21.8 Å². The molecule has 360 valence electrons. The number of hydrogen-bond acceptors (Lipinski definition) is 3. The van der Waals surface area contributed by atoms with Crippen LogP contribution < -0.4 is 0 Å². The SMILES string of the molecule is Fc1ccc(-c2ccc(-c3nc(-c4ccccc4)nc(-c4ccccc4)n3)c(-n3c4ccc(-c5cc(C(F)(F)F)cc(C(F)(F)F)c5)cc4c4cc(-c5cc(C(F)(F)F)cc(C(F)(F)F)c5)ccc43)c2)cc1. The van der Waals surface area contributed by atoms with Crippen LogP contribution in [-0.4, -0.2) is 19.5 Å². The number of aromatic nitrogens is 4. The smallest absolute Gasteiger partial charge is 0.308 e. The van der Waals surface area contributed by atoms with Crippen molar-refractivity contribution in [2.75, 3.05) is 0 Å². The lowest BCUT2D eigenvalue weighted by molar-refractivity contribution is -0.144. The Morgan fingerprint density at radius 1 is 0.306 bits per heavy atom. The summed E-state index contributed by atoms with van der Waals surface area (Å²) >= 11 is 0. The highest BCUT2D eigenvalue weighted by Crippen LogP contribution is 2.45. The molecule has 0 aliphatic heterocycles. The number of alkyl halides is 12. The van der Waals surface area contributed by atoms with Crippen LogP contribution in [0.1, 0.15) is 22.3 Å². The summed E-state index contributed by atoms with van der Waals surface area (Å²) in [7, 11) is 0. The first kappa shape index (κ1) is 47.3. The fourth-order valence-electron chi connectivity index (χ4n) is 8.54. The van der Waals surface area contributed by atoms with E-state index in [9.17, 15) is 57.1 Å². The monoisotopic (exact) mass is 992 g/mol. The zero-order chi connectivity index (χ0) is 50.9. The molecule has 0 saturated carbocycles. The molecular formula is C55H29F13N4. The summed E-state index contributed by atoms with van der Waals surface area (Å²) in [6, 6.07) is 38.8. The third-order valence-corrected chi connectivity index (χ3v) is 12.0. The topological polar surface area (TPSA) is 43.6 Å². The maximum atomic E-state index is 14.3. The van der Waals surface area contributed by atoms with E-state index in [0.29, 0.717) is 57.8 Å². The van der Waals surface area contributed by atoms with Crippen LogP contribution >= 0.6 is 0 Å². The number of hydrogen-bond donors (Lipinski definition) is 0. The van der Waals surface area contributed by atoms with Crippen molar-refractivity contribution in [1.82, 2.24) is 19.5 Å². The lowest BCUT2D eigenvalue weighted by Crippen LogP contribution is -2.11. The highest BCUT2D eigenvalue weighted by Gasteiger charge is 2.39. The second kappa shape index (κ2) is 17.5. The van der Waals surface area contributed by atoms with Crippen LogP contribution in [0.25, 0.3) is 95.0 Å². The predicted octanol–water partition coefficient (Wildman–Crippen LogP) is 17.2. The first-order chi connectivity index (χ1) is 34.1. The molecule has 0 aliphatic rings. The molecule has 0 fully saturated rings. The second-order valence-electron chi connectivity index (χ2n) is 16.7. The van der Waals surface area contributed by atoms with Crippen molar-refractivity contribution in [3.63, 3.8) is 0 Å². The van der Waals surface area contributed by atoms with Gasteiger partial charge in [-0.15, -0.1) is 0 Å². The molecule has 17 heteroatoms. The Hall–Kier alpha value is -8.34. The summed E-state index contributed by atoms with van der Waals surface area (Å²) in [6.07, 6.45) is -20.8. The lowest BCUT2D eigenvalue weighted by Gasteiger charge is -2.17. The molecule has 0 unspecified atom stereocenters. The van der Waals surface area contributed by atoms with Gasteiger partial charge in [-0.05, 0) is 118 Å². The van der Waals surface area contributed by atoms with Crippen molar-refractivity contribution in [3.8, 4) is 73.2 Å². The molecule has 2 aromatic heterocycles. The van der Waals surface area contributed by atoms with E-state index in [1.807, 2.05) is 0 Å². The van der Waals surface area contributed by atoms with Crippen LogP contribution in [-0.2, 0) is 24.7 Å². The van der Waals surface area contributed by atoms with Crippen LogP contribution in [0.2, 0.25) is 0 Å². The minimum atomic E-state index is -5.20. The van der Waals surface area contributed by atoms with Gasteiger partial charge >= 0.3 is 24.7 Å². The summed E-state index contributed by atoms with van der Waals surface area (Å²) in [5, 5.41) is 0.254. The molecule has 10 aromatic rings. The first-order valence-electron chi connectivity index (χ1n) is 21.5. The van der Waals surface area contributed by atoms with Gasteiger partial charge in [0, 0.05) is 27.5 Å². The zero-order valence-electron chi connectivity index (χ0n) is 36.4. The van der Waals surface area contributed by atoms with Crippen LogP contribution in [0, 0.1) is 5.82 Å². The Labute approximate surface area is 399 Å². The molecule has 0 N–H and O–H groups in total. The molecule has 72 heavy (non-hydrogen) atoms. The number of nitrogens with zero attached hydrogens (tertiary/aromatic N) is 4. The Morgan fingerprint density at radius 3 is 1.07 bits per heavy atom. The van der Waals surface area contributed by atoms with E-state index >= 15 is 0 Å². The fourth-order valence-corrected chi connectivity index (χ4v) is 8.54. The summed E-state index contributed by atoms with van der Waals surface area (Å²) in [4.78, 5) is 14.6. The van der Waals surface area contributed by atoms with Gasteiger partial charge in [-0.3, -0.25) is 0 Å². The number of halogens is 13. The molecule has 0 spiro atoms. The van der Waals surface area contributed by atoms with Gasteiger partial charge in [0.25, 0.3) is 0 Å². The van der Waals surface area contributed by atoms with Crippen molar-refractivity contribution in [1.29, 1.82) is 0 Å². The normalized spacial score (nSPS) is 12.5. The molecule has 8 aromatic carbocycles. The Morgan fingerprint density at radius 2 is 0.667 bits per heavy atom. The molecule has 0 bridgehead atoms. The molecule has 10 rings (SSSR count). The van der Waals surface area contributed by atoms with Gasteiger partial charge in [-0.1, -0.05) is 91.0 Å². The molecule has 0 saturated heterocycles. The van der Waals surface area contributed by atoms with E-state index in [4.69, 9.17) is 15.0 Å². The van der Waals surface area contributed by atoms with E-state index in [-0.39, 0.29) is 62.5 Å². The highest BCUT2D eigenvalue weighted by molar-refractivity contribution is 6.12. The van der Waals surface area contributed by atoms with Gasteiger partial charge in [0.2, 0.25) is 0 Å². The largest absolute Gasteiger partial charge is 0.416 e. The molecule has 0 atom stereocenters. The van der Waals surface area contributed by atoms with Gasteiger partial charge in [-0.2, -0.15) is 52.7 Å². The second-order valence-corrected chi connectivity index (χ2v) is 16.7. The number of benzene rings is 8. The van der Waals surface area contributed by atoms with E-state index in [0.717, 1.165) is 0 Å². The van der Waals surface area contributed by atoms with E-state index in [1.54, 1.807) is 83.4 Å². The minimum absolute atomic E-state index is 0.0202. The zero-order valence-corrected chi connectivity index (χ0v) is 36.4. The average Bonchev–Trinajstić information content (AvgIpc) is 3.68. The van der Waals surface area contributed by atoms with Crippen molar-refractivity contribution < 1.29 is 57.1 Å². The summed E-state index contributed by atoms with van der Waals surface area (Å²) in [6.45, 7) is 0. The van der Waals surface area contributed by atoms with Gasteiger partial charge in [0.1, 0.15) is 5.82 Å². The van der Waals surface area contributed by atoms with Gasteiger partial charge < -0.3 is 4.57 Å². The lowest BCUT2D eigenvalue weighted by atomic mass is 9.96. The van der Waals surface area contributed by atoms with Gasteiger partial charge in [0.15, 0.2) is 17.5 Å². The highest BCUT2D eigenvalue weighted by atomic mass is 19.4. The van der Waals surface area contributed by atoms with Gasteiger partial charge in [-0.25, -0.2) is 19.3 Å². The fraction of sp³-hybridized carbons (Fsp3) is 0.0727. The van der Waals surface area contributed by atoms with Crippen molar-refractivity contribution in [2.24, 2.45) is 0 Å². The van der Waals surface area contributed by atoms with Crippen molar-refractivity contribution in [3.05, 3.63) is 204 Å². The maximum absolute atomic E-state index is 14.3. The standard InChI is InChI=1S/C55H29F13N4/c56-42-16-11-30(12-17-42)35-13-18-43(51-70-49(31-7-3-1-4-8-31)69-50(71-51)32-9-5-2-6-10-32)48(27-35)72-46-19-14-33(36-21-38(52(57,58)59)28-39(22-36)53(60,61)62)25-44(46)45-26-34(15-20-47(45)72)37-23-40(54(63,64)65)29-41(24-37)55(66,67)68/h1-29H. The van der Waals surface area contributed by atoms with Crippen LogP contribution in [0.15, 0.2) is 176 Å². The van der Waals surface area contributed by atoms with E-state index < -0.39 is 63.9 Å². The molecule has 2 heterocycles. The molecule has 0 radical (unpaired) electrons. The van der Waals surface area contributed by atoms with Crippen LogP contribution in [0.4, 0.5) is 57.1 Å². The number of rotatable bonds is 7. The van der Waals surface area contributed by atoms with Crippen molar-refractivity contribution in [2.45, 2.75) is 24.7 Å². The number of fused-ring (bicyclic) bond motifs is 3. The van der Waals surface area contributed by atoms with E-state index in [1.165, 1.54) is 60.7 Å². The quantitative estimate of drug-likeness (QED) is 0.149. The third kappa shape index (κ3) is 9.24. The first-order valence-corrected chi connectivity index (χ1v) is 21.5. The molecule has 4 nitrogen and oxygen atoms in total. The maximum Gasteiger partial charge on any atom is 0.416 e. The van der Waals surface area contributed by atoms with Gasteiger partial charge in [0.05, 0.1) is 39.0 Å². The summed E-state index contributed by atoms with van der Waals surface area (Å²) in [5.41, 5.74) is -4.21. The summed E-state index contributed by atoms with van der Waals surface area (Å²) < 4.78 is 186. The van der Waals surface area contributed by atoms with Crippen LogP contribution in [0.5, 0.6) is 0 Å². The van der Waals surface area contributed by atoms with E-state index in [2.05, 4.69) is 0 Å². The Kier molecular flexibility index (Phi) is 11.5. The third-order valence-electron chi connectivity index (χ3n) is 12.0. The molecule has 0 aliphatic carbocycles. The predicted molar refractivity (Wildman–Crippen MR) is 247 cm³/mol. The van der Waals surface area contributed by atoms with Crippen LogP contribution in [0.3, 0.4) is 0 Å². The minimum Gasteiger partial charge on any atom is -0.308 e. The Bertz CT molecular complexity index is 3430. The molecule has 0 amide bonds. The molecular weight excluding hydrogens is 964 g/mol. The summed E-state index contributed by atoms with van der Waals surface area (Å²) in [5.74, 6) is 0.133.